The molecule has 0 spiro atoms. The molecule has 7 heteroatoms. The molecule has 0 amide bonds. The van der Waals surface area contributed by atoms with Crippen molar-refractivity contribution < 1.29 is 13.9 Å². The summed E-state index contributed by atoms with van der Waals surface area (Å²) >= 11 is 6.79. The second kappa shape index (κ2) is 10.0. The van der Waals surface area contributed by atoms with Crippen LogP contribution in [0.4, 0.5) is 15.8 Å². The van der Waals surface area contributed by atoms with E-state index in [-0.39, 0.29) is 17.4 Å². The van der Waals surface area contributed by atoms with E-state index in [1.165, 1.54) is 36.0 Å². The number of halogens is 1. The van der Waals surface area contributed by atoms with Crippen molar-refractivity contribution in [3.05, 3.63) is 84.2 Å². The van der Waals surface area contributed by atoms with E-state index >= 15 is 0 Å². The van der Waals surface area contributed by atoms with E-state index in [9.17, 15) is 9.18 Å². The third-order valence-electron chi connectivity index (χ3n) is 3.98. The first-order valence-corrected chi connectivity index (χ1v) is 10.2. The van der Waals surface area contributed by atoms with E-state index in [2.05, 4.69) is 10.6 Å². The van der Waals surface area contributed by atoms with Crippen molar-refractivity contribution in [2.75, 3.05) is 23.5 Å². The lowest BCUT2D eigenvalue weighted by Gasteiger charge is -2.13. The third-order valence-corrected chi connectivity index (χ3v) is 5.18. The summed E-state index contributed by atoms with van der Waals surface area (Å²) in [6.45, 7) is 0. The van der Waals surface area contributed by atoms with E-state index in [1.54, 1.807) is 7.11 Å². The van der Waals surface area contributed by atoms with Crippen LogP contribution in [0.2, 0.25) is 0 Å². The zero-order chi connectivity index (χ0) is 20.6. The second-order valence-corrected chi connectivity index (χ2v) is 7.48. The number of ether oxygens (including phenoxy) is 1. The Labute approximate surface area is 178 Å². The Morgan fingerprint density at radius 2 is 1.79 bits per heavy atom. The summed E-state index contributed by atoms with van der Waals surface area (Å²) in [7, 11) is 1.60. The minimum atomic E-state index is -0.356. The first kappa shape index (κ1) is 20.8. The number of ketones is 1. The van der Waals surface area contributed by atoms with E-state index in [0.29, 0.717) is 16.4 Å². The highest BCUT2D eigenvalue weighted by atomic mass is 32.2. The normalized spacial score (nSPS) is 10.3. The molecule has 0 aromatic heterocycles. The predicted octanol–water partition coefficient (Wildman–Crippen LogP) is 5.62. The first-order valence-electron chi connectivity index (χ1n) is 8.78. The van der Waals surface area contributed by atoms with Gasteiger partial charge in [-0.15, -0.1) is 11.8 Å². The van der Waals surface area contributed by atoms with Gasteiger partial charge in [0.25, 0.3) is 0 Å². The Hall–Kier alpha value is -2.90. The van der Waals surface area contributed by atoms with Crippen LogP contribution in [0.25, 0.3) is 0 Å². The zero-order valence-electron chi connectivity index (χ0n) is 15.6. The molecule has 0 bridgehead atoms. The predicted molar refractivity (Wildman–Crippen MR) is 121 cm³/mol. The fraction of sp³-hybridized carbons (Fsp3) is 0.0909. The van der Waals surface area contributed by atoms with E-state index in [0.717, 1.165) is 16.3 Å². The molecule has 0 saturated heterocycles. The minimum absolute atomic E-state index is 0.0540. The molecule has 3 aromatic rings. The fourth-order valence-electron chi connectivity index (χ4n) is 2.56. The number of methoxy groups -OCH3 is 1. The van der Waals surface area contributed by atoms with Crippen molar-refractivity contribution in [1.82, 2.24) is 0 Å². The Balaban J connectivity index is 1.58. The van der Waals surface area contributed by atoms with Crippen LogP contribution in [0.1, 0.15) is 10.4 Å². The maximum atomic E-state index is 13.0. The fourth-order valence-corrected chi connectivity index (χ4v) is 3.64. The summed E-state index contributed by atoms with van der Waals surface area (Å²) in [6, 6.07) is 20.7. The van der Waals surface area contributed by atoms with Crippen LogP contribution >= 0.6 is 24.0 Å². The monoisotopic (exact) mass is 426 g/mol. The number of carbonyl (C=O) groups excluding carboxylic acids is 1. The molecule has 0 atom stereocenters. The SMILES string of the molecule is COc1ccccc1NC(=S)Nc1cccc(SCC(=O)c2ccc(F)cc2)c1. The summed E-state index contributed by atoms with van der Waals surface area (Å²) in [6.07, 6.45) is 0. The molecule has 0 aliphatic rings. The number of hydrogen-bond donors (Lipinski definition) is 2. The quantitative estimate of drug-likeness (QED) is 0.291. The van der Waals surface area contributed by atoms with Crippen molar-refractivity contribution in [2.24, 2.45) is 0 Å². The van der Waals surface area contributed by atoms with Gasteiger partial charge in [0.05, 0.1) is 18.6 Å². The Morgan fingerprint density at radius 3 is 2.55 bits per heavy atom. The van der Waals surface area contributed by atoms with Crippen molar-refractivity contribution in [3.8, 4) is 5.75 Å². The first-order chi connectivity index (χ1) is 14.0. The summed E-state index contributed by atoms with van der Waals surface area (Å²) < 4.78 is 18.3. The average molecular weight is 427 g/mol. The third kappa shape index (κ3) is 6.04. The molecular weight excluding hydrogens is 407 g/mol. The van der Waals surface area contributed by atoms with Gasteiger partial charge in [-0.2, -0.15) is 0 Å². The summed E-state index contributed by atoms with van der Waals surface area (Å²) in [5.41, 5.74) is 2.06. The van der Waals surface area contributed by atoms with Gasteiger partial charge in [0.1, 0.15) is 11.6 Å². The number of Topliss-reactive ketones (excluding diaryl/α,β-unsaturated/α-hetero) is 1. The van der Waals surface area contributed by atoms with Crippen LogP contribution in [0.3, 0.4) is 0 Å². The molecule has 148 valence electrons. The van der Waals surface area contributed by atoms with Crippen LogP contribution in [-0.4, -0.2) is 23.8 Å². The molecule has 2 N–H and O–H groups in total. The van der Waals surface area contributed by atoms with Gasteiger partial charge in [-0.05, 0) is 66.8 Å². The number of thioether (sulfide) groups is 1. The van der Waals surface area contributed by atoms with E-state index in [1.807, 2.05) is 48.5 Å². The maximum absolute atomic E-state index is 13.0. The average Bonchev–Trinajstić information content (AvgIpc) is 2.73. The number of carbonyl (C=O) groups is 1. The molecule has 0 fully saturated rings. The highest BCUT2D eigenvalue weighted by Crippen LogP contribution is 2.25. The van der Waals surface area contributed by atoms with Crippen molar-refractivity contribution in [2.45, 2.75) is 4.90 Å². The van der Waals surface area contributed by atoms with Gasteiger partial charge in [-0.1, -0.05) is 18.2 Å². The Bertz CT molecular complexity index is 1010. The number of hydrogen-bond acceptors (Lipinski definition) is 4. The highest BCUT2D eigenvalue weighted by molar-refractivity contribution is 8.00. The molecule has 29 heavy (non-hydrogen) atoms. The van der Waals surface area contributed by atoms with Gasteiger partial charge in [0.2, 0.25) is 0 Å². The topological polar surface area (TPSA) is 50.4 Å². The minimum Gasteiger partial charge on any atom is -0.495 e. The number of para-hydroxylation sites is 2. The Morgan fingerprint density at radius 1 is 1.03 bits per heavy atom. The standard InChI is InChI=1S/C22H19FN2O2S2/c1-27-21-8-3-2-7-19(21)25-22(28)24-17-5-4-6-18(13-17)29-14-20(26)15-9-11-16(23)12-10-15/h2-13H,14H2,1H3,(H2,24,25,28). The second-order valence-electron chi connectivity index (χ2n) is 6.03. The lowest BCUT2D eigenvalue weighted by Crippen LogP contribution is -2.19. The molecule has 0 aliphatic heterocycles. The summed E-state index contributed by atoms with van der Waals surface area (Å²) in [5, 5.41) is 6.67. The number of thiocarbonyl (C=S) groups is 1. The van der Waals surface area contributed by atoms with Gasteiger partial charge in [0, 0.05) is 16.1 Å². The molecule has 0 saturated carbocycles. The van der Waals surface area contributed by atoms with Gasteiger partial charge < -0.3 is 15.4 Å². The van der Waals surface area contributed by atoms with Crippen LogP contribution in [-0.2, 0) is 0 Å². The van der Waals surface area contributed by atoms with Crippen LogP contribution in [0, 0.1) is 5.82 Å². The van der Waals surface area contributed by atoms with E-state index < -0.39 is 0 Å². The number of rotatable bonds is 7. The molecular formula is C22H19FN2O2S2. The van der Waals surface area contributed by atoms with Crippen LogP contribution in [0.15, 0.2) is 77.7 Å². The zero-order valence-corrected chi connectivity index (χ0v) is 17.3. The van der Waals surface area contributed by atoms with Crippen molar-refractivity contribution in [1.29, 1.82) is 0 Å². The van der Waals surface area contributed by atoms with Gasteiger partial charge in [0.15, 0.2) is 10.9 Å². The van der Waals surface area contributed by atoms with Crippen LogP contribution < -0.4 is 15.4 Å². The lowest BCUT2D eigenvalue weighted by molar-refractivity contribution is 0.102. The molecule has 0 unspecified atom stereocenters. The molecule has 3 aromatic carbocycles. The molecule has 0 radical (unpaired) electrons. The number of benzene rings is 3. The highest BCUT2D eigenvalue weighted by Gasteiger charge is 2.08. The molecule has 0 aliphatic carbocycles. The van der Waals surface area contributed by atoms with Crippen molar-refractivity contribution >= 4 is 46.3 Å². The van der Waals surface area contributed by atoms with Gasteiger partial charge in [-0.25, -0.2) is 4.39 Å². The molecule has 4 nitrogen and oxygen atoms in total. The smallest absolute Gasteiger partial charge is 0.175 e. The largest absolute Gasteiger partial charge is 0.495 e. The van der Waals surface area contributed by atoms with Crippen LogP contribution in [0.5, 0.6) is 5.75 Å². The summed E-state index contributed by atoms with van der Waals surface area (Å²) in [5.74, 6) is 0.548. The van der Waals surface area contributed by atoms with Gasteiger partial charge >= 0.3 is 0 Å². The Kier molecular flexibility index (Phi) is 7.21. The molecule has 0 heterocycles. The van der Waals surface area contributed by atoms with E-state index in [4.69, 9.17) is 17.0 Å². The lowest BCUT2D eigenvalue weighted by atomic mass is 10.1. The number of anilines is 2. The maximum Gasteiger partial charge on any atom is 0.175 e. The van der Waals surface area contributed by atoms with Gasteiger partial charge in [-0.3, -0.25) is 4.79 Å². The number of nitrogens with one attached hydrogen (secondary N) is 2. The molecule has 3 rings (SSSR count). The van der Waals surface area contributed by atoms with Crippen molar-refractivity contribution in [3.63, 3.8) is 0 Å². The summed E-state index contributed by atoms with van der Waals surface area (Å²) in [4.78, 5) is 13.2.